The third-order valence-corrected chi connectivity index (χ3v) is 6.19. The number of aryl methyl sites for hydroxylation is 1. The number of nitrogens with zero attached hydrogens (tertiary/aromatic N) is 1. The topological polar surface area (TPSA) is 132 Å². The highest BCUT2D eigenvalue weighted by Gasteiger charge is 2.68. The number of nitrogens with one attached hydrogen (secondary N) is 3. The van der Waals surface area contributed by atoms with Crippen LogP contribution in [-0.4, -0.2) is 40.8 Å². The minimum absolute atomic E-state index is 0.0788. The summed E-state index contributed by atoms with van der Waals surface area (Å²) < 4.78 is 69.2. The van der Waals surface area contributed by atoms with Crippen LogP contribution in [0.3, 0.4) is 0 Å². The number of hydrogen-bond acceptors (Lipinski definition) is 6. The van der Waals surface area contributed by atoms with Gasteiger partial charge in [0.05, 0.1) is 13.2 Å². The van der Waals surface area contributed by atoms with Crippen LogP contribution in [0.25, 0.3) is 0 Å². The average Bonchev–Trinajstić information content (AvgIpc) is 3.18. The van der Waals surface area contributed by atoms with E-state index in [4.69, 9.17) is 9.47 Å². The number of H-pyrrole nitrogens is 1. The maximum atomic E-state index is 14.6. The molecule has 0 fully saturated rings. The number of carbonyl (C=O) groups excluding carboxylic acids is 2. The summed E-state index contributed by atoms with van der Waals surface area (Å²) in [5.41, 5.74) is -7.56. The normalized spacial score (nSPS) is 16.3. The predicted octanol–water partition coefficient (Wildman–Crippen LogP) is 2.86. The Morgan fingerprint density at radius 3 is 2.38 bits per heavy atom. The molecule has 0 unspecified atom stereocenters. The number of ether oxygens (including phenoxy) is 2. The number of alkyl halides is 3. The van der Waals surface area contributed by atoms with Gasteiger partial charge in [0, 0.05) is 12.1 Å². The van der Waals surface area contributed by atoms with E-state index in [2.05, 4.69) is 0 Å². The molecule has 0 saturated carbocycles. The van der Waals surface area contributed by atoms with Crippen molar-refractivity contribution in [1.29, 1.82) is 0 Å². The van der Waals surface area contributed by atoms with E-state index in [0.29, 0.717) is 36.3 Å². The molecule has 0 aliphatic carbocycles. The minimum Gasteiger partial charge on any atom is -0.490 e. The van der Waals surface area contributed by atoms with Gasteiger partial charge in [-0.15, -0.1) is 0 Å². The van der Waals surface area contributed by atoms with Gasteiger partial charge < -0.3 is 20.1 Å². The van der Waals surface area contributed by atoms with Gasteiger partial charge in [-0.05, 0) is 56.2 Å². The van der Waals surface area contributed by atoms with E-state index in [0.717, 1.165) is 22.8 Å². The molecule has 3 N–H and O–H groups in total. The molecule has 1 aromatic heterocycles. The Morgan fingerprint density at radius 1 is 1.02 bits per heavy atom. The number of aromatic nitrogens is 2. The van der Waals surface area contributed by atoms with Gasteiger partial charge in [-0.3, -0.25) is 23.9 Å². The largest absolute Gasteiger partial charge is 0.490 e. The number of hydrogen-bond donors (Lipinski definition) is 3. The van der Waals surface area contributed by atoms with Crippen molar-refractivity contribution < 1.29 is 36.6 Å². The minimum atomic E-state index is -5.53. The van der Waals surface area contributed by atoms with Crippen molar-refractivity contribution in [3.8, 4) is 11.5 Å². The molecule has 1 atom stereocenters. The Kier molecular flexibility index (Phi) is 7.71. The van der Waals surface area contributed by atoms with Crippen LogP contribution in [0.15, 0.2) is 52.1 Å². The van der Waals surface area contributed by atoms with Crippen LogP contribution in [0, 0.1) is 5.82 Å². The second kappa shape index (κ2) is 10.9. The zero-order valence-electron chi connectivity index (χ0n) is 21.3. The SMILES string of the molecule is CCOc1ccc(CCn2c3c(c(=O)[nH]c2=O)[C@@](NC(=O)c2cccc(F)c2)(C(F)(F)F)C(=O)N3)cc1OCC. The summed E-state index contributed by atoms with van der Waals surface area (Å²) in [5, 5.41) is 3.53. The highest BCUT2D eigenvalue weighted by molar-refractivity contribution is 6.09. The van der Waals surface area contributed by atoms with E-state index in [9.17, 15) is 36.7 Å². The van der Waals surface area contributed by atoms with Gasteiger partial charge in [0.25, 0.3) is 22.9 Å². The Hall–Kier alpha value is -4.62. The number of carbonyl (C=O) groups is 2. The number of aromatic amines is 1. The Labute approximate surface area is 223 Å². The summed E-state index contributed by atoms with van der Waals surface area (Å²) in [6.07, 6.45) is -5.45. The Morgan fingerprint density at radius 2 is 1.73 bits per heavy atom. The molecule has 2 amide bonds. The lowest BCUT2D eigenvalue weighted by atomic mass is 9.91. The summed E-state index contributed by atoms with van der Waals surface area (Å²) in [6.45, 7) is 4.03. The molecular weight excluding hydrogens is 540 g/mol. The molecule has 0 bridgehead atoms. The fourth-order valence-corrected chi connectivity index (χ4v) is 4.40. The van der Waals surface area contributed by atoms with Gasteiger partial charge in [0.1, 0.15) is 17.2 Å². The standard InChI is InChI=1S/C26H24F4N4O6/c1-3-39-17-9-8-14(12-18(17)40-4-2)10-11-34-20-19(22(36)32-24(34)38)25(23(37)31-20,26(28,29)30)33-21(35)15-6-5-7-16(27)13-15/h5-9,12-13H,3-4,10-11H2,1-2H3,(H,31,37)(H,33,35)(H,32,36,38)/t25-/m0/s1. The highest BCUT2D eigenvalue weighted by Crippen LogP contribution is 2.45. The van der Waals surface area contributed by atoms with Gasteiger partial charge in [-0.25, -0.2) is 9.18 Å². The van der Waals surface area contributed by atoms with Crippen molar-refractivity contribution >= 4 is 17.6 Å². The molecule has 3 aromatic rings. The number of amides is 2. The van der Waals surface area contributed by atoms with Crippen molar-refractivity contribution in [3.05, 3.63) is 85.8 Å². The monoisotopic (exact) mass is 564 g/mol. The van der Waals surface area contributed by atoms with E-state index in [1.54, 1.807) is 42.3 Å². The van der Waals surface area contributed by atoms with Crippen LogP contribution in [-0.2, 0) is 23.3 Å². The molecule has 212 valence electrons. The van der Waals surface area contributed by atoms with E-state index in [1.165, 1.54) is 0 Å². The third kappa shape index (κ3) is 5.03. The quantitative estimate of drug-likeness (QED) is 0.343. The molecule has 40 heavy (non-hydrogen) atoms. The molecule has 0 radical (unpaired) electrons. The van der Waals surface area contributed by atoms with Crippen molar-refractivity contribution in [3.63, 3.8) is 0 Å². The van der Waals surface area contributed by atoms with E-state index >= 15 is 0 Å². The van der Waals surface area contributed by atoms with Crippen molar-refractivity contribution in [1.82, 2.24) is 14.9 Å². The lowest BCUT2D eigenvalue weighted by molar-refractivity contribution is -0.196. The van der Waals surface area contributed by atoms with Crippen LogP contribution in [0.1, 0.15) is 35.3 Å². The number of fused-ring (bicyclic) bond motifs is 1. The van der Waals surface area contributed by atoms with Crippen LogP contribution in [0.5, 0.6) is 11.5 Å². The first-order valence-electron chi connectivity index (χ1n) is 12.1. The second-order valence-corrected chi connectivity index (χ2v) is 8.70. The van der Waals surface area contributed by atoms with Crippen molar-refractivity contribution in [2.24, 2.45) is 0 Å². The predicted molar refractivity (Wildman–Crippen MR) is 134 cm³/mol. The Balaban J connectivity index is 1.76. The van der Waals surface area contributed by atoms with Crippen LogP contribution < -0.4 is 31.4 Å². The highest BCUT2D eigenvalue weighted by atomic mass is 19.4. The van der Waals surface area contributed by atoms with Gasteiger partial charge in [-0.1, -0.05) is 12.1 Å². The molecule has 10 nitrogen and oxygen atoms in total. The summed E-state index contributed by atoms with van der Waals surface area (Å²) in [6, 6.07) is 8.72. The molecular formula is C26H24F4N4O6. The van der Waals surface area contributed by atoms with Crippen LogP contribution >= 0.6 is 0 Å². The van der Waals surface area contributed by atoms with Gasteiger partial charge in [-0.2, -0.15) is 13.2 Å². The molecule has 0 saturated heterocycles. The lowest BCUT2D eigenvalue weighted by Gasteiger charge is -2.30. The molecule has 2 aromatic carbocycles. The first-order chi connectivity index (χ1) is 18.9. The van der Waals surface area contributed by atoms with Crippen LogP contribution in [0.2, 0.25) is 0 Å². The first kappa shape index (κ1) is 28.4. The lowest BCUT2D eigenvalue weighted by Crippen LogP contribution is -2.62. The number of benzene rings is 2. The molecule has 0 spiro atoms. The maximum absolute atomic E-state index is 14.6. The molecule has 4 rings (SSSR count). The average molecular weight is 564 g/mol. The van der Waals surface area contributed by atoms with Gasteiger partial charge >= 0.3 is 11.9 Å². The van der Waals surface area contributed by atoms with E-state index < -0.39 is 57.5 Å². The smallest absolute Gasteiger partial charge is 0.425 e. The first-order valence-corrected chi connectivity index (χ1v) is 12.1. The molecule has 1 aliphatic heterocycles. The van der Waals surface area contributed by atoms with Crippen molar-refractivity contribution in [2.75, 3.05) is 18.5 Å². The maximum Gasteiger partial charge on any atom is 0.425 e. The fraction of sp³-hybridized carbons (Fsp3) is 0.308. The van der Waals surface area contributed by atoms with Crippen LogP contribution in [0.4, 0.5) is 23.4 Å². The second-order valence-electron chi connectivity index (χ2n) is 8.70. The summed E-state index contributed by atoms with van der Waals surface area (Å²) in [4.78, 5) is 52.9. The van der Waals surface area contributed by atoms with Gasteiger partial charge in [0.15, 0.2) is 11.5 Å². The third-order valence-electron chi connectivity index (χ3n) is 6.19. The number of anilines is 1. The number of rotatable bonds is 9. The Bertz CT molecular complexity index is 1580. The van der Waals surface area contributed by atoms with Crippen molar-refractivity contribution in [2.45, 2.75) is 38.5 Å². The molecule has 2 heterocycles. The van der Waals surface area contributed by atoms with E-state index in [1.807, 2.05) is 5.32 Å². The zero-order valence-corrected chi connectivity index (χ0v) is 21.3. The summed E-state index contributed by atoms with van der Waals surface area (Å²) in [7, 11) is 0. The van der Waals surface area contributed by atoms with Gasteiger partial charge in [0.2, 0.25) is 0 Å². The molecule has 1 aliphatic rings. The molecule has 14 heteroatoms. The zero-order chi connectivity index (χ0) is 29.2. The number of halogens is 4. The fourth-order valence-electron chi connectivity index (χ4n) is 4.40. The summed E-state index contributed by atoms with van der Waals surface area (Å²) in [5.74, 6) is -3.99. The summed E-state index contributed by atoms with van der Waals surface area (Å²) >= 11 is 0. The van der Waals surface area contributed by atoms with E-state index in [-0.39, 0.29) is 13.0 Å².